The molecule has 2 aromatic heterocycles. The predicted molar refractivity (Wildman–Crippen MR) is 297 cm³/mol. The zero-order chi connectivity index (χ0) is 48.1. The van der Waals surface area contributed by atoms with E-state index in [1.165, 1.54) is 11.1 Å². The predicted octanol–water partition coefficient (Wildman–Crippen LogP) is 18.0. The van der Waals surface area contributed by atoms with Crippen molar-refractivity contribution in [2.24, 2.45) is 0 Å². The molecule has 0 spiro atoms. The van der Waals surface area contributed by atoms with Crippen LogP contribution in [-0.4, -0.2) is 9.97 Å². The van der Waals surface area contributed by atoms with Crippen molar-refractivity contribution in [2.75, 3.05) is 0 Å². The van der Waals surface area contributed by atoms with Crippen LogP contribution in [0.5, 0.6) is 0 Å². The minimum absolute atomic E-state index is 0. The Morgan fingerprint density at radius 1 is 0.233 bits per heavy atom. The number of nitrogens with zero attached hydrogens (tertiary/aromatic N) is 2. The first-order valence-corrected chi connectivity index (χ1v) is 24.2. The van der Waals surface area contributed by atoms with Gasteiger partial charge in [-0.2, -0.15) is 36.4 Å². The Balaban J connectivity index is 0.00000574. The third-order valence-electron chi connectivity index (χ3n) is 13.3. The standard InChI is InChI=1S/C70H44N2.Ir/c1-3-17-49(18-4-1)51-29-33-53(34-30-51)61-21-7-9-23-63(61)58-45-59(64-24-10-8-22-62(64)54-37-39-56(40-38-54)69-27-13-15-43-71-69)47-60(46-58)65-25-11-12-26-66(65)67-42-41-57(70-28-14-16-44-72-70)48-68(67)55-35-31-52(32-36-55)50-19-5-2-6-20-50;/h1-17,19-29,31-39,42-48H;/q-4;. The Hall–Kier alpha value is -8.85. The van der Waals surface area contributed by atoms with Crippen LogP contribution in [-0.2, 0) is 20.1 Å². The summed E-state index contributed by atoms with van der Waals surface area (Å²) >= 11 is 0. The Kier molecular flexibility index (Phi) is 13.5. The molecule has 0 fully saturated rings. The van der Waals surface area contributed by atoms with Crippen LogP contribution in [0.25, 0.3) is 123 Å². The average Bonchev–Trinajstić information content (AvgIpc) is 3.48. The summed E-state index contributed by atoms with van der Waals surface area (Å²) < 4.78 is 0. The Labute approximate surface area is 441 Å². The molecule has 0 amide bonds. The van der Waals surface area contributed by atoms with Crippen LogP contribution in [0.2, 0.25) is 0 Å². The first kappa shape index (κ1) is 46.5. The number of pyridine rings is 2. The fourth-order valence-corrected chi connectivity index (χ4v) is 9.73. The average molecular weight is 1110 g/mol. The minimum atomic E-state index is 0. The summed E-state index contributed by atoms with van der Waals surface area (Å²) in [6, 6.07) is 104. The van der Waals surface area contributed by atoms with E-state index in [1.807, 2.05) is 67.0 Å². The van der Waals surface area contributed by atoms with Crippen LogP contribution in [0.4, 0.5) is 0 Å². The van der Waals surface area contributed by atoms with Gasteiger partial charge in [-0.3, -0.25) is 0 Å². The van der Waals surface area contributed by atoms with Crippen LogP contribution in [0, 0.1) is 24.3 Å². The molecule has 10 aromatic carbocycles. The zero-order valence-electron chi connectivity index (χ0n) is 39.6. The van der Waals surface area contributed by atoms with Gasteiger partial charge in [-0.1, -0.05) is 185 Å². The van der Waals surface area contributed by atoms with Gasteiger partial charge in [0.05, 0.1) is 0 Å². The maximum Gasteiger partial charge on any atom is 0.0160 e. The van der Waals surface area contributed by atoms with Crippen LogP contribution < -0.4 is 0 Å². The fourth-order valence-electron chi connectivity index (χ4n) is 9.73. The van der Waals surface area contributed by atoms with Gasteiger partial charge in [0.1, 0.15) is 0 Å². The largest absolute Gasteiger partial charge is 0.305 e. The molecule has 0 aliphatic carbocycles. The maximum absolute atomic E-state index is 4.74. The monoisotopic (exact) mass is 1110 g/mol. The topological polar surface area (TPSA) is 25.8 Å². The van der Waals surface area contributed by atoms with Crippen molar-refractivity contribution < 1.29 is 20.1 Å². The Morgan fingerprint density at radius 2 is 0.658 bits per heavy atom. The second-order valence-electron chi connectivity index (χ2n) is 17.7. The number of rotatable bonds is 11. The van der Waals surface area contributed by atoms with Gasteiger partial charge in [0.25, 0.3) is 0 Å². The summed E-state index contributed by atoms with van der Waals surface area (Å²) in [6.45, 7) is 0. The van der Waals surface area contributed by atoms with E-state index in [9.17, 15) is 0 Å². The molecule has 0 aliphatic rings. The summed E-state index contributed by atoms with van der Waals surface area (Å²) in [7, 11) is 0. The first-order valence-electron chi connectivity index (χ1n) is 24.2. The molecule has 73 heavy (non-hydrogen) atoms. The molecule has 347 valence electrons. The number of hydrogen-bond acceptors (Lipinski definition) is 2. The van der Waals surface area contributed by atoms with Gasteiger partial charge in [0.2, 0.25) is 0 Å². The van der Waals surface area contributed by atoms with Crippen molar-refractivity contribution >= 4 is 0 Å². The van der Waals surface area contributed by atoms with E-state index in [-0.39, 0.29) is 20.1 Å². The van der Waals surface area contributed by atoms with Crippen molar-refractivity contribution in [1.82, 2.24) is 9.97 Å². The molecule has 0 saturated heterocycles. The smallest absolute Gasteiger partial charge is 0.0160 e. The van der Waals surface area contributed by atoms with Crippen molar-refractivity contribution in [3.05, 3.63) is 291 Å². The Morgan fingerprint density at radius 3 is 1.18 bits per heavy atom. The van der Waals surface area contributed by atoms with Crippen molar-refractivity contribution in [2.45, 2.75) is 0 Å². The van der Waals surface area contributed by atoms with E-state index < -0.39 is 0 Å². The molecule has 2 heterocycles. The van der Waals surface area contributed by atoms with Gasteiger partial charge >= 0.3 is 0 Å². The number of benzene rings is 10. The third-order valence-corrected chi connectivity index (χ3v) is 13.3. The van der Waals surface area contributed by atoms with Crippen molar-refractivity contribution in [3.63, 3.8) is 0 Å². The second kappa shape index (κ2) is 21.2. The SMILES string of the molecule is [Ir].[c-]1ccccc1-c1[c-]cc(-c2ccccc2-c2cc(-c3ccccc3-c3c[c-]c(-c4ccccn4)cc3)cc(-c3ccccc3-c3c[c-]c(-c4ccccn4)cc3-c3ccc(-c4ccccc4)cc3)c2)cc1. The molecule has 0 unspecified atom stereocenters. The molecule has 0 atom stereocenters. The molecule has 1 radical (unpaired) electrons. The molecule has 2 nitrogen and oxygen atoms in total. The molecule has 0 saturated carbocycles. The van der Waals surface area contributed by atoms with Crippen molar-refractivity contribution in [3.8, 4) is 123 Å². The molecule has 12 rings (SSSR count). The quantitative estimate of drug-likeness (QED) is 0.121. The van der Waals surface area contributed by atoms with Crippen LogP contribution >= 0.6 is 0 Å². The molecule has 12 aromatic rings. The first-order chi connectivity index (χ1) is 35.7. The van der Waals surface area contributed by atoms with Crippen LogP contribution in [0.3, 0.4) is 0 Å². The second-order valence-corrected chi connectivity index (χ2v) is 17.7. The summed E-state index contributed by atoms with van der Waals surface area (Å²) in [5.41, 5.74) is 23.6. The van der Waals surface area contributed by atoms with Gasteiger partial charge in [0, 0.05) is 32.5 Å². The molecule has 0 bridgehead atoms. The van der Waals surface area contributed by atoms with E-state index in [1.54, 1.807) is 0 Å². The maximum atomic E-state index is 4.74. The normalized spacial score (nSPS) is 10.9. The Bertz CT molecular complexity index is 3650. The van der Waals surface area contributed by atoms with Crippen LogP contribution in [0.15, 0.2) is 267 Å². The molecule has 0 aliphatic heterocycles. The molecule has 0 N–H and O–H groups in total. The molecular formula is C70H44IrN2-4. The molecular weight excluding hydrogens is 1060 g/mol. The number of aromatic nitrogens is 2. The van der Waals surface area contributed by atoms with Crippen molar-refractivity contribution in [1.29, 1.82) is 0 Å². The van der Waals surface area contributed by atoms with Gasteiger partial charge in [-0.25, -0.2) is 11.1 Å². The fraction of sp³-hybridized carbons (Fsp3) is 0. The van der Waals surface area contributed by atoms with Gasteiger partial charge in [-0.05, 0) is 91.8 Å². The van der Waals surface area contributed by atoms with E-state index in [2.05, 4.69) is 229 Å². The van der Waals surface area contributed by atoms with Gasteiger partial charge in [0.15, 0.2) is 0 Å². The van der Waals surface area contributed by atoms with E-state index >= 15 is 0 Å². The van der Waals surface area contributed by atoms with E-state index in [4.69, 9.17) is 4.98 Å². The number of hydrogen-bond donors (Lipinski definition) is 0. The summed E-state index contributed by atoms with van der Waals surface area (Å²) in [5, 5.41) is 0. The van der Waals surface area contributed by atoms with E-state index in [0.717, 1.165) is 112 Å². The minimum Gasteiger partial charge on any atom is -0.305 e. The van der Waals surface area contributed by atoms with Gasteiger partial charge < -0.3 is 9.97 Å². The van der Waals surface area contributed by atoms with Crippen LogP contribution in [0.1, 0.15) is 0 Å². The van der Waals surface area contributed by atoms with Gasteiger partial charge in [-0.15, -0.1) is 77.4 Å². The summed E-state index contributed by atoms with van der Waals surface area (Å²) in [4.78, 5) is 9.32. The summed E-state index contributed by atoms with van der Waals surface area (Å²) in [6.07, 6.45) is 3.66. The summed E-state index contributed by atoms with van der Waals surface area (Å²) in [5.74, 6) is 0. The third kappa shape index (κ3) is 9.81. The molecule has 3 heteroatoms. The zero-order valence-corrected chi connectivity index (χ0v) is 42.0. The van der Waals surface area contributed by atoms with E-state index in [0.29, 0.717) is 0 Å².